The maximum Gasteiger partial charge on any atom is 0.472 e. The largest absolute Gasteiger partial charge is 0.472 e. The summed E-state index contributed by atoms with van der Waals surface area (Å²) in [5.74, 6) is -1.44. The first-order valence-electron chi connectivity index (χ1n) is 43.1. The summed E-state index contributed by atoms with van der Waals surface area (Å²) in [4.78, 5) is 72.9. The third-order valence-electron chi connectivity index (χ3n) is 19.5. The van der Waals surface area contributed by atoms with Crippen molar-refractivity contribution in [3.05, 3.63) is 0 Å². The molecule has 3 N–H and O–H groups in total. The SMILES string of the molecule is CCCCCCCCCCCCCCCCCCCCCCCCC(=O)OC[C@H](COP(=O)(O)OC[C@@H](O)COP(=O)(O)OC[C@@H](COC(=O)CCCCCCCCCCC)OC(=O)CCCCCCCCC(C)C)OC(=O)CCCCCCCCCCCCCCCCCCCCCCCC. The van der Waals surface area contributed by atoms with Gasteiger partial charge < -0.3 is 33.8 Å². The summed E-state index contributed by atoms with van der Waals surface area (Å²) in [6.45, 7) is 7.21. The molecule has 102 heavy (non-hydrogen) atoms. The molecule has 0 aliphatic rings. The summed E-state index contributed by atoms with van der Waals surface area (Å²) < 4.78 is 68.6. The van der Waals surface area contributed by atoms with Crippen molar-refractivity contribution in [1.29, 1.82) is 0 Å². The number of rotatable bonds is 83. The number of phosphoric ester groups is 2. The minimum absolute atomic E-state index is 0.103. The van der Waals surface area contributed by atoms with E-state index < -0.39 is 97.5 Å². The Morgan fingerprint density at radius 1 is 0.265 bits per heavy atom. The van der Waals surface area contributed by atoms with E-state index in [4.69, 9.17) is 37.0 Å². The van der Waals surface area contributed by atoms with E-state index in [9.17, 15) is 43.2 Å². The second-order valence-corrected chi connectivity index (χ2v) is 33.3. The second kappa shape index (κ2) is 75.9. The van der Waals surface area contributed by atoms with Crippen LogP contribution in [0.4, 0.5) is 0 Å². The number of unbranched alkanes of at least 4 members (excludes halogenated alkanes) is 55. The second-order valence-electron chi connectivity index (χ2n) is 30.3. The standard InChI is InChI=1S/C83H162O17P2/c1-6-9-12-15-18-21-23-25-27-29-31-33-35-37-39-41-43-45-48-51-57-62-67-81(86)94-72-78(99-82(87)68-63-58-52-49-46-44-42-40-38-36-34-32-30-28-26-24-22-19-16-13-10-7-2)74-97-101(89,90)95-70-77(84)71-96-102(91,92)98-75-79(100-83(88)69-64-59-54-53-55-60-65-76(4)5)73-93-80(85)66-61-56-50-47-20-17-14-11-8-3/h76-79,84H,6-75H2,1-5H3,(H,89,90)(H,91,92)/t77-,78-,79-/m1/s1. The Balaban J connectivity index is 5.13. The Morgan fingerprint density at radius 3 is 0.667 bits per heavy atom. The number of phosphoric acid groups is 2. The fraction of sp³-hybridized carbons (Fsp3) is 0.952. The van der Waals surface area contributed by atoms with E-state index in [1.165, 1.54) is 270 Å². The van der Waals surface area contributed by atoms with Gasteiger partial charge in [-0.05, 0) is 31.6 Å². The Labute approximate surface area is 626 Å². The van der Waals surface area contributed by atoms with Crippen molar-refractivity contribution in [3.8, 4) is 0 Å². The van der Waals surface area contributed by atoms with Crippen LogP contribution in [-0.4, -0.2) is 96.7 Å². The van der Waals surface area contributed by atoms with Gasteiger partial charge in [-0.3, -0.25) is 37.3 Å². The molecule has 2 unspecified atom stereocenters. The molecule has 0 saturated heterocycles. The van der Waals surface area contributed by atoms with E-state index in [0.29, 0.717) is 31.6 Å². The molecule has 0 spiro atoms. The third-order valence-corrected chi connectivity index (χ3v) is 21.4. The van der Waals surface area contributed by atoms with Crippen molar-refractivity contribution in [2.45, 2.75) is 464 Å². The molecule has 17 nitrogen and oxygen atoms in total. The first-order chi connectivity index (χ1) is 49.5. The zero-order chi connectivity index (χ0) is 74.8. The minimum atomic E-state index is -4.96. The van der Waals surface area contributed by atoms with Gasteiger partial charge in [0.2, 0.25) is 0 Å². The van der Waals surface area contributed by atoms with Gasteiger partial charge in [0.05, 0.1) is 26.4 Å². The van der Waals surface area contributed by atoms with Crippen molar-refractivity contribution in [2.75, 3.05) is 39.6 Å². The quantitative estimate of drug-likeness (QED) is 0.0222. The van der Waals surface area contributed by atoms with Gasteiger partial charge >= 0.3 is 39.5 Å². The highest BCUT2D eigenvalue weighted by molar-refractivity contribution is 7.47. The maximum atomic E-state index is 13.1. The summed E-state index contributed by atoms with van der Waals surface area (Å²) in [6.07, 6.45) is 68.7. The molecule has 0 aromatic rings. The summed E-state index contributed by atoms with van der Waals surface area (Å²) >= 11 is 0. The molecule has 19 heteroatoms. The van der Waals surface area contributed by atoms with Crippen molar-refractivity contribution in [1.82, 2.24) is 0 Å². The van der Waals surface area contributed by atoms with Gasteiger partial charge in [-0.2, -0.15) is 0 Å². The van der Waals surface area contributed by atoms with E-state index in [-0.39, 0.29) is 25.7 Å². The van der Waals surface area contributed by atoms with Crippen LogP contribution in [0.2, 0.25) is 0 Å². The van der Waals surface area contributed by atoms with Crippen LogP contribution in [0.5, 0.6) is 0 Å². The van der Waals surface area contributed by atoms with Crippen LogP contribution in [0, 0.1) is 5.92 Å². The molecule has 0 bridgehead atoms. The molecule has 0 saturated carbocycles. The monoisotopic (exact) mass is 1490 g/mol. The molecule has 0 radical (unpaired) electrons. The molecule has 0 aliphatic carbocycles. The number of aliphatic hydroxyl groups excluding tert-OH is 1. The predicted octanol–water partition coefficient (Wildman–Crippen LogP) is 25.2. The Hall–Kier alpha value is -1.94. The fourth-order valence-electron chi connectivity index (χ4n) is 12.9. The van der Waals surface area contributed by atoms with Gasteiger partial charge in [0.25, 0.3) is 0 Å². The van der Waals surface area contributed by atoms with Crippen molar-refractivity contribution in [3.63, 3.8) is 0 Å². The van der Waals surface area contributed by atoms with Gasteiger partial charge in [-0.25, -0.2) is 9.13 Å². The number of carbonyl (C=O) groups is 4. The highest BCUT2D eigenvalue weighted by Gasteiger charge is 2.30. The van der Waals surface area contributed by atoms with Gasteiger partial charge in [-0.1, -0.05) is 394 Å². The van der Waals surface area contributed by atoms with Crippen LogP contribution in [0.15, 0.2) is 0 Å². The van der Waals surface area contributed by atoms with Gasteiger partial charge in [0.15, 0.2) is 12.2 Å². The van der Waals surface area contributed by atoms with Crippen LogP contribution in [0.1, 0.15) is 446 Å². The first-order valence-corrected chi connectivity index (χ1v) is 46.1. The predicted molar refractivity (Wildman–Crippen MR) is 418 cm³/mol. The lowest BCUT2D eigenvalue weighted by Gasteiger charge is -2.21. The molecule has 0 aromatic heterocycles. The van der Waals surface area contributed by atoms with E-state index >= 15 is 0 Å². The average Bonchev–Trinajstić information content (AvgIpc) is 0.913. The Kier molecular flexibility index (Phi) is 74.4. The summed E-state index contributed by atoms with van der Waals surface area (Å²) in [7, 11) is -9.91. The van der Waals surface area contributed by atoms with Crippen LogP contribution in [-0.2, 0) is 65.4 Å². The Bertz CT molecular complexity index is 1940. The Morgan fingerprint density at radius 2 is 0.451 bits per heavy atom. The van der Waals surface area contributed by atoms with Gasteiger partial charge in [-0.15, -0.1) is 0 Å². The summed E-state index contributed by atoms with van der Waals surface area (Å²) in [5, 5.41) is 10.6. The molecular weight excluding hydrogens is 1330 g/mol. The number of esters is 4. The van der Waals surface area contributed by atoms with E-state index in [0.717, 1.165) is 89.9 Å². The lowest BCUT2D eigenvalue weighted by atomic mass is 10.0. The number of aliphatic hydroxyl groups is 1. The van der Waals surface area contributed by atoms with Crippen LogP contribution in [0.3, 0.4) is 0 Å². The smallest absolute Gasteiger partial charge is 0.462 e. The number of hydrogen-bond acceptors (Lipinski definition) is 15. The van der Waals surface area contributed by atoms with E-state index in [1.807, 2.05) is 0 Å². The molecule has 0 aliphatic heterocycles. The maximum absolute atomic E-state index is 13.1. The van der Waals surface area contributed by atoms with Crippen LogP contribution in [0.25, 0.3) is 0 Å². The molecule has 0 heterocycles. The van der Waals surface area contributed by atoms with Gasteiger partial charge in [0, 0.05) is 25.7 Å². The van der Waals surface area contributed by atoms with Crippen molar-refractivity contribution in [2.24, 2.45) is 5.92 Å². The molecule has 0 fully saturated rings. The molecular formula is C83H162O17P2. The molecule has 5 atom stereocenters. The zero-order valence-corrected chi connectivity index (χ0v) is 68.5. The minimum Gasteiger partial charge on any atom is -0.462 e. The fourth-order valence-corrected chi connectivity index (χ4v) is 14.5. The zero-order valence-electron chi connectivity index (χ0n) is 66.8. The average molecular weight is 1490 g/mol. The van der Waals surface area contributed by atoms with Crippen LogP contribution >= 0.6 is 15.6 Å². The molecule has 0 aromatic carbocycles. The lowest BCUT2D eigenvalue weighted by Crippen LogP contribution is -2.30. The highest BCUT2D eigenvalue weighted by atomic mass is 31.2. The number of carbonyl (C=O) groups excluding carboxylic acids is 4. The number of ether oxygens (including phenoxy) is 4. The summed E-state index contributed by atoms with van der Waals surface area (Å²) in [6, 6.07) is 0. The first kappa shape index (κ1) is 100. The number of hydrogen-bond donors (Lipinski definition) is 3. The van der Waals surface area contributed by atoms with E-state index in [1.54, 1.807) is 0 Å². The van der Waals surface area contributed by atoms with E-state index in [2.05, 4.69) is 34.6 Å². The van der Waals surface area contributed by atoms with Gasteiger partial charge in [0.1, 0.15) is 19.3 Å². The lowest BCUT2D eigenvalue weighted by molar-refractivity contribution is -0.161. The van der Waals surface area contributed by atoms with Crippen molar-refractivity contribution >= 4 is 39.5 Å². The molecule has 606 valence electrons. The van der Waals surface area contributed by atoms with Crippen molar-refractivity contribution < 1.29 is 80.2 Å². The molecule has 0 rings (SSSR count). The highest BCUT2D eigenvalue weighted by Crippen LogP contribution is 2.45. The topological polar surface area (TPSA) is 237 Å². The normalized spacial score (nSPS) is 13.8. The van der Waals surface area contributed by atoms with Crippen LogP contribution < -0.4 is 0 Å². The summed E-state index contributed by atoms with van der Waals surface area (Å²) in [5.41, 5.74) is 0. The third kappa shape index (κ3) is 76.3. The molecule has 0 amide bonds.